The molecule has 1 aromatic rings. The first-order valence-electron chi connectivity index (χ1n) is 5.46. The van der Waals surface area contributed by atoms with E-state index in [4.69, 9.17) is 0 Å². The number of rotatable bonds is 1. The Hall–Kier alpha value is -0.810. The molecule has 1 heterocycles. The molecule has 1 atom stereocenters. The predicted octanol–water partition coefficient (Wildman–Crippen LogP) is 3.76. The van der Waals surface area contributed by atoms with E-state index in [2.05, 4.69) is 13.8 Å². The molecule has 1 aliphatic rings. The second kappa shape index (κ2) is 3.98. The third-order valence-corrected chi connectivity index (χ3v) is 6.69. The summed E-state index contributed by atoms with van der Waals surface area (Å²) < 4.78 is 12.9. The minimum Gasteiger partial charge on any atom is -0.314 e. The normalized spacial score (nSPS) is 25.6. The summed E-state index contributed by atoms with van der Waals surface area (Å²) in [6.07, 6.45) is 2.96. The quantitative estimate of drug-likeness (QED) is 0.658. The van der Waals surface area contributed by atoms with Crippen molar-refractivity contribution in [1.82, 2.24) is 0 Å². The molecular weight excluding hydrogens is 203 g/mol. The average Bonchev–Trinajstić information content (AvgIpc) is 2.63. The second-order valence-corrected chi connectivity index (χ2v) is 7.33. The van der Waals surface area contributed by atoms with E-state index >= 15 is 0 Å². The third-order valence-electron chi connectivity index (χ3n) is 3.07. The summed E-state index contributed by atoms with van der Waals surface area (Å²) >= 11 is 0. The van der Waals surface area contributed by atoms with Gasteiger partial charge in [0.25, 0.3) is 0 Å². The number of hydrogen-bond donors (Lipinski definition) is 0. The molecule has 0 aliphatic carbocycles. The summed E-state index contributed by atoms with van der Waals surface area (Å²) in [7, 11) is -2.21. The van der Waals surface area contributed by atoms with Gasteiger partial charge < -0.3 is 4.57 Å². The molecule has 0 aromatic heterocycles. The lowest BCUT2D eigenvalue weighted by atomic mass is 10.2. The van der Waals surface area contributed by atoms with Crippen LogP contribution in [-0.2, 0) is 4.57 Å². The van der Waals surface area contributed by atoms with Gasteiger partial charge in [-0.3, -0.25) is 0 Å². The van der Waals surface area contributed by atoms with Crippen LogP contribution in [0, 0.1) is 0 Å². The molecule has 1 saturated heterocycles. The van der Waals surface area contributed by atoms with E-state index in [1.807, 2.05) is 30.3 Å². The van der Waals surface area contributed by atoms with Crippen LogP contribution in [0.5, 0.6) is 0 Å². The SMILES string of the molecule is CC(C)=C1CCC[P@@]1(=O)c1ccccc1. The van der Waals surface area contributed by atoms with Crippen LogP contribution in [0.3, 0.4) is 0 Å². The van der Waals surface area contributed by atoms with Crippen molar-refractivity contribution in [1.29, 1.82) is 0 Å². The highest BCUT2D eigenvalue weighted by molar-refractivity contribution is 7.75. The fourth-order valence-corrected chi connectivity index (χ4v) is 5.69. The van der Waals surface area contributed by atoms with Gasteiger partial charge >= 0.3 is 0 Å². The number of benzene rings is 1. The van der Waals surface area contributed by atoms with Crippen LogP contribution in [0.1, 0.15) is 26.7 Å². The van der Waals surface area contributed by atoms with Crippen LogP contribution >= 0.6 is 7.14 Å². The molecule has 80 valence electrons. The Kier molecular flexibility index (Phi) is 2.84. The summed E-state index contributed by atoms with van der Waals surface area (Å²) in [6.45, 7) is 4.16. The van der Waals surface area contributed by atoms with Crippen LogP contribution in [0.25, 0.3) is 0 Å². The van der Waals surface area contributed by atoms with Gasteiger partial charge in [-0.1, -0.05) is 35.9 Å². The molecule has 0 spiro atoms. The van der Waals surface area contributed by atoms with Crippen molar-refractivity contribution < 1.29 is 4.57 Å². The standard InChI is InChI=1S/C13H17OP/c1-11(2)13-9-6-10-15(13,14)12-7-4-3-5-8-12/h3-5,7-8H,6,9-10H2,1-2H3/t15-/m1/s1. The molecule has 0 unspecified atom stereocenters. The van der Waals surface area contributed by atoms with Crippen molar-refractivity contribution in [3.05, 3.63) is 41.2 Å². The van der Waals surface area contributed by atoms with E-state index in [0.717, 1.165) is 24.3 Å². The van der Waals surface area contributed by atoms with Crippen LogP contribution in [0.2, 0.25) is 0 Å². The molecule has 2 rings (SSSR count). The van der Waals surface area contributed by atoms with Gasteiger partial charge in [0, 0.05) is 11.5 Å². The fraction of sp³-hybridized carbons (Fsp3) is 0.385. The van der Waals surface area contributed by atoms with E-state index in [0.29, 0.717) is 0 Å². The van der Waals surface area contributed by atoms with Crippen LogP contribution in [0.4, 0.5) is 0 Å². The molecule has 0 saturated carbocycles. The van der Waals surface area contributed by atoms with E-state index in [-0.39, 0.29) is 0 Å². The first kappa shape index (κ1) is 10.7. The molecule has 15 heavy (non-hydrogen) atoms. The average molecular weight is 220 g/mol. The van der Waals surface area contributed by atoms with Crippen molar-refractivity contribution in [2.45, 2.75) is 26.7 Å². The van der Waals surface area contributed by atoms with Gasteiger partial charge in [-0.25, -0.2) is 0 Å². The third kappa shape index (κ3) is 1.81. The fourth-order valence-electron chi connectivity index (χ4n) is 2.35. The minimum atomic E-state index is -2.21. The largest absolute Gasteiger partial charge is 0.314 e. The maximum Gasteiger partial charge on any atom is 0.139 e. The zero-order valence-electron chi connectivity index (χ0n) is 9.36. The molecule has 0 amide bonds. The topological polar surface area (TPSA) is 17.1 Å². The Morgan fingerprint density at radius 1 is 1.20 bits per heavy atom. The van der Waals surface area contributed by atoms with E-state index in [1.54, 1.807) is 0 Å². The lowest BCUT2D eigenvalue weighted by molar-refractivity contribution is 0.587. The van der Waals surface area contributed by atoms with E-state index in [1.165, 1.54) is 10.9 Å². The summed E-state index contributed by atoms with van der Waals surface area (Å²) in [4.78, 5) is 0. The molecule has 0 radical (unpaired) electrons. The summed E-state index contributed by atoms with van der Waals surface area (Å²) in [5.41, 5.74) is 1.25. The van der Waals surface area contributed by atoms with Gasteiger partial charge in [0.15, 0.2) is 0 Å². The molecule has 0 bridgehead atoms. The smallest absolute Gasteiger partial charge is 0.139 e. The highest BCUT2D eigenvalue weighted by Crippen LogP contribution is 2.60. The Morgan fingerprint density at radius 3 is 2.47 bits per heavy atom. The summed E-state index contributed by atoms with van der Waals surface area (Å²) in [5, 5.41) is 2.26. The Bertz CT molecular complexity index is 427. The number of hydrogen-bond acceptors (Lipinski definition) is 1. The van der Waals surface area contributed by atoms with Gasteiger partial charge in [0.2, 0.25) is 0 Å². The van der Waals surface area contributed by atoms with Crippen LogP contribution in [0.15, 0.2) is 41.2 Å². The molecule has 2 heteroatoms. The highest BCUT2D eigenvalue weighted by Gasteiger charge is 2.34. The monoisotopic (exact) mass is 220 g/mol. The molecule has 1 nitrogen and oxygen atoms in total. The van der Waals surface area contributed by atoms with Crippen LogP contribution < -0.4 is 5.30 Å². The van der Waals surface area contributed by atoms with Gasteiger partial charge in [-0.2, -0.15) is 0 Å². The lowest BCUT2D eigenvalue weighted by Crippen LogP contribution is -2.04. The van der Waals surface area contributed by atoms with Gasteiger partial charge in [-0.05, 0) is 32.0 Å². The van der Waals surface area contributed by atoms with Gasteiger partial charge in [-0.15, -0.1) is 0 Å². The Balaban J connectivity index is 2.52. The van der Waals surface area contributed by atoms with Crippen molar-refractivity contribution in [3.63, 3.8) is 0 Å². The van der Waals surface area contributed by atoms with Crippen molar-refractivity contribution in [2.24, 2.45) is 0 Å². The van der Waals surface area contributed by atoms with Crippen molar-refractivity contribution in [2.75, 3.05) is 6.16 Å². The molecular formula is C13H17OP. The maximum absolute atomic E-state index is 12.9. The van der Waals surface area contributed by atoms with Crippen LogP contribution in [-0.4, -0.2) is 6.16 Å². The highest BCUT2D eigenvalue weighted by atomic mass is 31.2. The first-order chi connectivity index (χ1) is 7.14. The molecule has 1 fully saturated rings. The number of allylic oxidation sites excluding steroid dienone is 2. The lowest BCUT2D eigenvalue weighted by Gasteiger charge is -2.15. The van der Waals surface area contributed by atoms with E-state index < -0.39 is 7.14 Å². The zero-order chi connectivity index (χ0) is 10.9. The summed E-state index contributed by atoms with van der Waals surface area (Å²) in [6, 6.07) is 9.96. The van der Waals surface area contributed by atoms with Crippen molar-refractivity contribution >= 4 is 12.4 Å². The van der Waals surface area contributed by atoms with Crippen molar-refractivity contribution in [3.8, 4) is 0 Å². The van der Waals surface area contributed by atoms with Gasteiger partial charge in [0.1, 0.15) is 7.14 Å². The molecule has 0 N–H and O–H groups in total. The molecule has 1 aromatic carbocycles. The van der Waals surface area contributed by atoms with Gasteiger partial charge in [0.05, 0.1) is 0 Å². The molecule has 1 aliphatic heterocycles. The Morgan fingerprint density at radius 2 is 1.87 bits per heavy atom. The maximum atomic E-state index is 12.9. The zero-order valence-corrected chi connectivity index (χ0v) is 10.3. The van der Waals surface area contributed by atoms with E-state index in [9.17, 15) is 4.57 Å². The predicted molar refractivity (Wildman–Crippen MR) is 66.2 cm³/mol. The minimum absolute atomic E-state index is 0.859. The first-order valence-corrected chi connectivity index (χ1v) is 7.35. The Labute approximate surface area is 91.6 Å². The second-order valence-electron chi connectivity index (χ2n) is 4.35. The summed E-state index contributed by atoms with van der Waals surface area (Å²) in [5.74, 6) is 0.